The molecule has 1 aliphatic rings. The van der Waals surface area contributed by atoms with Gasteiger partial charge in [-0.15, -0.1) is 0 Å². The molecule has 192 valence electrons. The molecule has 1 fully saturated rings. The second kappa shape index (κ2) is 14.0. The molecule has 0 radical (unpaired) electrons. The second-order valence-corrected chi connectivity index (χ2v) is 9.41. The molecule has 1 aliphatic carbocycles. The van der Waals surface area contributed by atoms with Crippen molar-refractivity contribution in [1.82, 2.24) is 15.1 Å². The van der Waals surface area contributed by atoms with E-state index in [9.17, 15) is 24.2 Å². The predicted molar refractivity (Wildman–Crippen MR) is 131 cm³/mol. The number of rotatable bonds is 10. The number of benzene rings is 1. The maximum absolute atomic E-state index is 13.6. The van der Waals surface area contributed by atoms with Gasteiger partial charge in [0.05, 0.1) is 30.0 Å². The van der Waals surface area contributed by atoms with Crippen LogP contribution in [0.3, 0.4) is 0 Å². The molecule has 0 saturated heterocycles. The molecule has 2 aromatic rings. The van der Waals surface area contributed by atoms with Gasteiger partial charge in [-0.2, -0.15) is 5.10 Å². The molecule has 3 rings (SSSR count). The van der Waals surface area contributed by atoms with E-state index in [0.29, 0.717) is 16.9 Å². The third-order valence-electron chi connectivity index (χ3n) is 6.16. The van der Waals surface area contributed by atoms with Gasteiger partial charge in [0.2, 0.25) is 0 Å². The normalized spacial score (nSPS) is 16.1. The fourth-order valence-corrected chi connectivity index (χ4v) is 4.46. The van der Waals surface area contributed by atoms with E-state index in [1.807, 2.05) is 13.8 Å². The van der Waals surface area contributed by atoms with Crippen LogP contribution in [0.2, 0.25) is 0 Å². The van der Waals surface area contributed by atoms with E-state index >= 15 is 0 Å². The monoisotopic (exact) mass is 511 g/mol. The Balaban J connectivity index is 0.00000342. The zero-order chi connectivity index (χ0) is 25.5. The van der Waals surface area contributed by atoms with Crippen LogP contribution in [0.1, 0.15) is 87.9 Å². The Hall–Kier alpha value is -2.04. The van der Waals surface area contributed by atoms with Gasteiger partial charge in [-0.3, -0.25) is 9.59 Å². The first-order chi connectivity index (χ1) is 16.7. The third-order valence-corrected chi connectivity index (χ3v) is 6.16. The predicted octanol–water partition coefficient (Wildman–Crippen LogP) is 0.914. The fraction of sp³-hybridized carbons (Fsp3) is 0.500. The van der Waals surface area contributed by atoms with Crippen molar-refractivity contribution in [2.24, 2.45) is 0 Å². The number of nitrogens with zero attached hydrogens (tertiary/aromatic N) is 2. The number of carboxylic acids is 1. The van der Waals surface area contributed by atoms with Crippen LogP contribution in [-0.2, 0) is 4.79 Å². The summed E-state index contributed by atoms with van der Waals surface area (Å²) in [6.45, 7) is 3.88. The molecule has 1 heterocycles. The van der Waals surface area contributed by atoms with Crippen molar-refractivity contribution in [1.29, 1.82) is 0 Å². The number of amides is 1. The van der Waals surface area contributed by atoms with Crippen LogP contribution in [0.4, 0.5) is 4.39 Å². The fourth-order valence-electron chi connectivity index (χ4n) is 4.46. The summed E-state index contributed by atoms with van der Waals surface area (Å²) in [6, 6.07) is 5.82. The van der Waals surface area contributed by atoms with Crippen molar-refractivity contribution in [2.45, 2.75) is 83.0 Å². The molecule has 1 saturated carbocycles. The molecular formula is C26H35FN3NaO5. The zero-order valence-corrected chi connectivity index (χ0v) is 23.2. The molecule has 1 aromatic carbocycles. The first-order valence-electron chi connectivity index (χ1n) is 12.1. The van der Waals surface area contributed by atoms with E-state index in [1.165, 1.54) is 24.6 Å². The smallest absolute Gasteiger partial charge is 1.00 e. The number of hydrogen-bond acceptors (Lipinski definition) is 5. The SMILES string of the molecule is CC(C)c1c(C(=O)NC2CCCCC2)nn(-c2ccc(F)cc2)c1C=C[C@H](O)C[C@@H](O)CC(=O)O.[H-].[Na+]. The maximum atomic E-state index is 13.6. The minimum atomic E-state index is -1.20. The summed E-state index contributed by atoms with van der Waals surface area (Å²) < 4.78 is 15.1. The Morgan fingerprint density at radius 2 is 1.83 bits per heavy atom. The van der Waals surface area contributed by atoms with Crippen LogP contribution in [0, 0.1) is 5.82 Å². The Kier molecular flexibility index (Phi) is 11.8. The molecule has 0 spiro atoms. The summed E-state index contributed by atoms with van der Waals surface area (Å²) in [5, 5.41) is 36.7. The maximum Gasteiger partial charge on any atom is 1.00 e. The molecule has 4 N–H and O–H groups in total. The van der Waals surface area contributed by atoms with Gasteiger partial charge >= 0.3 is 35.5 Å². The Morgan fingerprint density at radius 1 is 1.19 bits per heavy atom. The number of nitrogens with one attached hydrogen (secondary N) is 1. The van der Waals surface area contributed by atoms with E-state index in [0.717, 1.165) is 25.7 Å². The summed E-state index contributed by atoms with van der Waals surface area (Å²) in [5.41, 5.74) is 2.05. The number of aliphatic hydroxyl groups excluding tert-OH is 2. The van der Waals surface area contributed by atoms with Crippen molar-refractivity contribution >= 4 is 18.0 Å². The number of halogens is 1. The van der Waals surface area contributed by atoms with Gasteiger partial charge in [0.25, 0.3) is 5.91 Å². The quantitative estimate of drug-likeness (QED) is 0.352. The number of aliphatic carboxylic acids is 1. The average molecular weight is 512 g/mol. The van der Waals surface area contributed by atoms with Gasteiger partial charge in [0.1, 0.15) is 5.82 Å². The molecule has 0 unspecified atom stereocenters. The van der Waals surface area contributed by atoms with Crippen LogP contribution in [0.25, 0.3) is 11.8 Å². The summed E-state index contributed by atoms with van der Waals surface area (Å²) in [7, 11) is 0. The van der Waals surface area contributed by atoms with Gasteiger partial charge in [-0.1, -0.05) is 39.2 Å². The van der Waals surface area contributed by atoms with Crippen molar-refractivity contribution in [3.63, 3.8) is 0 Å². The second-order valence-electron chi connectivity index (χ2n) is 9.41. The number of aromatic nitrogens is 2. The molecule has 1 aromatic heterocycles. The van der Waals surface area contributed by atoms with Crippen LogP contribution in [0.5, 0.6) is 0 Å². The number of carbonyl (C=O) groups is 2. The molecular weight excluding hydrogens is 476 g/mol. The average Bonchev–Trinajstić information content (AvgIpc) is 3.18. The third kappa shape index (κ3) is 8.24. The molecule has 8 nitrogen and oxygen atoms in total. The van der Waals surface area contributed by atoms with Crippen LogP contribution in [0.15, 0.2) is 30.3 Å². The minimum absolute atomic E-state index is 0. The van der Waals surface area contributed by atoms with Crippen molar-refractivity contribution in [2.75, 3.05) is 0 Å². The Morgan fingerprint density at radius 3 is 2.42 bits per heavy atom. The van der Waals surface area contributed by atoms with Gasteiger partial charge in [-0.05, 0) is 49.1 Å². The topological polar surface area (TPSA) is 125 Å². The van der Waals surface area contributed by atoms with Crippen molar-refractivity contribution in [3.05, 3.63) is 53.1 Å². The number of hydrogen-bond donors (Lipinski definition) is 4. The molecule has 2 atom stereocenters. The largest absolute Gasteiger partial charge is 1.00 e. The summed E-state index contributed by atoms with van der Waals surface area (Å²) in [4.78, 5) is 24.1. The molecule has 1 amide bonds. The van der Waals surface area contributed by atoms with Crippen LogP contribution in [-0.4, -0.2) is 55.2 Å². The first-order valence-corrected chi connectivity index (χ1v) is 12.1. The summed E-state index contributed by atoms with van der Waals surface area (Å²) >= 11 is 0. The van der Waals surface area contributed by atoms with E-state index < -0.39 is 30.4 Å². The summed E-state index contributed by atoms with van der Waals surface area (Å²) in [6.07, 6.45) is 5.30. The van der Waals surface area contributed by atoms with Gasteiger partial charge < -0.3 is 22.1 Å². The van der Waals surface area contributed by atoms with E-state index in [-0.39, 0.29) is 61.0 Å². The van der Waals surface area contributed by atoms with Crippen molar-refractivity contribution < 1.29 is 60.3 Å². The Bertz CT molecular complexity index is 1060. The Labute approximate surface area is 234 Å². The van der Waals surface area contributed by atoms with E-state index in [2.05, 4.69) is 10.4 Å². The standard InChI is InChI=1S/C26H34FN3O5.Na.H/c1-16(2)24-22(13-12-20(31)14-21(32)15-23(33)34)30(19-10-8-17(27)9-11-19)29-25(24)26(35)28-18-6-4-3-5-7-18;;/h8-13,16,18,20-21,31-32H,3-7,14-15H2,1-2H3,(H,28,35)(H,33,34);;/q;+1;-1/t20-,21+;;/m0../s1. The van der Waals surface area contributed by atoms with Gasteiger partial charge in [0.15, 0.2) is 5.69 Å². The van der Waals surface area contributed by atoms with Gasteiger partial charge in [-0.25, -0.2) is 9.07 Å². The van der Waals surface area contributed by atoms with Crippen LogP contribution >= 0.6 is 0 Å². The number of carboxylic acid groups (broad SMARTS) is 1. The molecule has 0 bridgehead atoms. The number of aliphatic hydroxyl groups is 2. The van der Waals surface area contributed by atoms with E-state index in [1.54, 1.807) is 22.9 Å². The zero-order valence-electron chi connectivity index (χ0n) is 22.2. The molecule has 10 heteroatoms. The van der Waals surface area contributed by atoms with Crippen LogP contribution < -0.4 is 34.9 Å². The van der Waals surface area contributed by atoms with Gasteiger partial charge in [0, 0.05) is 18.0 Å². The van der Waals surface area contributed by atoms with E-state index in [4.69, 9.17) is 5.11 Å². The summed E-state index contributed by atoms with van der Waals surface area (Å²) in [5.74, 6) is -1.92. The minimum Gasteiger partial charge on any atom is -1.00 e. The number of carbonyl (C=O) groups excluding carboxylic acids is 1. The first kappa shape index (κ1) is 30.2. The molecule has 0 aliphatic heterocycles. The van der Waals surface area contributed by atoms with Crippen molar-refractivity contribution in [3.8, 4) is 5.69 Å². The molecule has 36 heavy (non-hydrogen) atoms.